The molecule has 0 unspecified atom stereocenters. The minimum atomic E-state index is -4.38. The number of nitriles is 1. The quantitative estimate of drug-likeness (QED) is 0.267. The molecule has 1 aliphatic rings. The third kappa shape index (κ3) is 9.25. The Balaban J connectivity index is 1.38. The number of fused-ring (bicyclic) bond motifs is 1. The first kappa shape index (κ1) is 33.9. The van der Waals surface area contributed by atoms with Gasteiger partial charge < -0.3 is 14.8 Å². The van der Waals surface area contributed by atoms with E-state index in [1.165, 1.54) is 4.57 Å². The van der Waals surface area contributed by atoms with Crippen LogP contribution in [0.2, 0.25) is 0 Å². The highest BCUT2D eigenvalue weighted by Crippen LogP contribution is 2.28. The van der Waals surface area contributed by atoms with Gasteiger partial charge in [-0.3, -0.25) is 14.7 Å². The Morgan fingerprint density at radius 2 is 1.89 bits per heavy atom. The molecule has 1 aromatic carbocycles. The van der Waals surface area contributed by atoms with Crippen molar-refractivity contribution in [2.75, 3.05) is 38.5 Å². The SMILES string of the molecule is CC(C)N(C)CC(=O)N1CCC(CCc2ccc3c(c2)cc(C#CCNc2ccc(C(C)(C)C#N)nc2)n3CC(F)(F)F)CC1. The molecule has 2 aromatic heterocycles. The summed E-state index contributed by atoms with van der Waals surface area (Å²) in [5.74, 6) is 6.56. The molecule has 3 heterocycles. The summed E-state index contributed by atoms with van der Waals surface area (Å²) in [6, 6.07) is 13.5. The van der Waals surface area contributed by atoms with Crippen LogP contribution in [0.15, 0.2) is 42.6 Å². The molecular formula is C35H43F3N6O. The Bertz CT molecular complexity index is 1570. The number of halogens is 3. The second kappa shape index (κ2) is 14.4. The molecule has 1 amide bonds. The zero-order valence-corrected chi connectivity index (χ0v) is 26.8. The van der Waals surface area contributed by atoms with Crippen molar-refractivity contribution in [3.63, 3.8) is 0 Å². The van der Waals surface area contributed by atoms with Crippen LogP contribution in [0.25, 0.3) is 10.9 Å². The van der Waals surface area contributed by atoms with E-state index in [1.54, 1.807) is 44.3 Å². The minimum Gasteiger partial charge on any atom is -0.373 e. The molecule has 3 aromatic rings. The van der Waals surface area contributed by atoms with E-state index < -0.39 is 18.1 Å². The Hall–Kier alpha value is -4.02. The van der Waals surface area contributed by atoms with Gasteiger partial charge in [-0.15, -0.1) is 0 Å². The molecule has 45 heavy (non-hydrogen) atoms. The maximum absolute atomic E-state index is 13.5. The molecule has 0 spiro atoms. The number of carbonyl (C=O) groups excluding carboxylic acids is 1. The number of nitrogens with one attached hydrogen (secondary N) is 1. The van der Waals surface area contributed by atoms with E-state index in [1.807, 2.05) is 24.1 Å². The van der Waals surface area contributed by atoms with Gasteiger partial charge >= 0.3 is 6.18 Å². The number of carbonyl (C=O) groups is 1. The highest BCUT2D eigenvalue weighted by atomic mass is 19.4. The average molecular weight is 621 g/mol. The fraction of sp³-hybridized carbons (Fsp3) is 0.514. The molecule has 0 radical (unpaired) electrons. The molecule has 0 aliphatic carbocycles. The van der Waals surface area contributed by atoms with Crippen LogP contribution in [0.5, 0.6) is 0 Å². The van der Waals surface area contributed by atoms with Crippen molar-refractivity contribution in [1.29, 1.82) is 5.26 Å². The van der Waals surface area contributed by atoms with Gasteiger partial charge in [-0.05, 0) is 108 Å². The van der Waals surface area contributed by atoms with Crippen LogP contribution >= 0.6 is 0 Å². The Kier molecular flexibility index (Phi) is 10.8. The summed E-state index contributed by atoms with van der Waals surface area (Å²) < 4.78 is 41.8. The molecule has 10 heteroatoms. The number of aryl methyl sites for hydroxylation is 1. The number of hydrogen-bond acceptors (Lipinski definition) is 5. The average Bonchev–Trinajstić information content (AvgIpc) is 3.33. The fourth-order valence-corrected chi connectivity index (χ4v) is 5.47. The standard InChI is InChI=1S/C35H43F3N6O/c1-25(2)42(5)22-33(45)43-17-14-26(15-18-43)8-9-27-10-12-31-28(19-27)20-30(44(31)24-35(36,37)38)7-6-16-40-29-11-13-32(41-21-29)34(3,4)23-39/h10-13,19-21,25-26,40H,8-9,14-18,22,24H2,1-5H3. The van der Waals surface area contributed by atoms with E-state index in [9.17, 15) is 23.2 Å². The number of hydrogen-bond donors (Lipinski definition) is 1. The van der Waals surface area contributed by atoms with Crippen molar-refractivity contribution in [1.82, 2.24) is 19.4 Å². The zero-order valence-electron chi connectivity index (χ0n) is 26.8. The van der Waals surface area contributed by atoms with Gasteiger partial charge in [-0.1, -0.05) is 12.0 Å². The van der Waals surface area contributed by atoms with E-state index in [4.69, 9.17) is 0 Å². The molecule has 1 aliphatic heterocycles. The van der Waals surface area contributed by atoms with E-state index in [0.29, 0.717) is 41.1 Å². The predicted octanol–water partition coefficient (Wildman–Crippen LogP) is 6.37. The number of likely N-dealkylation sites (N-methyl/N-ethyl adjacent to an activating group) is 1. The number of likely N-dealkylation sites (tertiary alicyclic amines) is 1. The largest absolute Gasteiger partial charge is 0.406 e. The molecule has 0 atom stereocenters. The van der Waals surface area contributed by atoms with Crippen molar-refractivity contribution in [2.45, 2.75) is 77.6 Å². The summed E-state index contributed by atoms with van der Waals surface area (Å²) in [6.45, 7) is 8.83. The smallest absolute Gasteiger partial charge is 0.373 e. The van der Waals surface area contributed by atoms with Gasteiger partial charge in [0.1, 0.15) is 6.54 Å². The number of benzene rings is 1. The van der Waals surface area contributed by atoms with E-state index in [-0.39, 0.29) is 12.5 Å². The Labute approximate surface area is 264 Å². The van der Waals surface area contributed by atoms with Crippen molar-refractivity contribution in [3.8, 4) is 17.9 Å². The van der Waals surface area contributed by atoms with Gasteiger partial charge in [0, 0.05) is 30.0 Å². The van der Waals surface area contributed by atoms with Crippen LogP contribution in [0, 0.1) is 29.1 Å². The molecule has 4 rings (SSSR count). The molecule has 1 saturated heterocycles. The molecule has 1 N–H and O–H groups in total. The number of anilines is 1. The monoisotopic (exact) mass is 620 g/mol. The van der Waals surface area contributed by atoms with E-state index in [0.717, 1.165) is 49.7 Å². The number of piperidine rings is 1. The Morgan fingerprint density at radius 1 is 1.16 bits per heavy atom. The molecular weight excluding hydrogens is 577 g/mol. The fourth-order valence-electron chi connectivity index (χ4n) is 5.47. The second-order valence-corrected chi connectivity index (χ2v) is 12.8. The lowest BCUT2D eigenvalue weighted by Gasteiger charge is -2.33. The van der Waals surface area contributed by atoms with Crippen molar-refractivity contribution in [3.05, 3.63) is 59.5 Å². The van der Waals surface area contributed by atoms with Crippen LogP contribution in [0.1, 0.15) is 63.9 Å². The van der Waals surface area contributed by atoms with Crippen LogP contribution in [-0.2, 0) is 23.2 Å². The van der Waals surface area contributed by atoms with Crippen LogP contribution in [0.4, 0.5) is 18.9 Å². The molecule has 240 valence electrons. The van der Waals surface area contributed by atoms with E-state index >= 15 is 0 Å². The van der Waals surface area contributed by atoms with Gasteiger partial charge in [0.2, 0.25) is 5.91 Å². The molecule has 0 bridgehead atoms. The third-order valence-corrected chi connectivity index (χ3v) is 8.66. The second-order valence-electron chi connectivity index (χ2n) is 12.8. The lowest BCUT2D eigenvalue weighted by Crippen LogP contribution is -2.44. The van der Waals surface area contributed by atoms with E-state index in [2.05, 4.69) is 47.0 Å². The maximum Gasteiger partial charge on any atom is 0.406 e. The molecule has 7 nitrogen and oxygen atoms in total. The summed E-state index contributed by atoms with van der Waals surface area (Å²) in [4.78, 5) is 21.0. The first-order chi connectivity index (χ1) is 21.3. The number of amides is 1. The molecule has 0 saturated carbocycles. The number of pyridine rings is 1. The van der Waals surface area contributed by atoms with Gasteiger partial charge in [-0.2, -0.15) is 18.4 Å². The minimum absolute atomic E-state index is 0.181. The number of alkyl halides is 3. The number of rotatable bonds is 10. The normalized spacial score (nSPS) is 14.5. The lowest BCUT2D eigenvalue weighted by atomic mass is 9.90. The summed E-state index contributed by atoms with van der Waals surface area (Å²) in [5.41, 5.74) is 2.56. The maximum atomic E-state index is 13.5. The molecule has 1 fully saturated rings. The third-order valence-electron chi connectivity index (χ3n) is 8.66. The van der Waals surface area contributed by atoms with Crippen molar-refractivity contribution >= 4 is 22.5 Å². The van der Waals surface area contributed by atoms with Gasteiger partial charge in [0.25, 0.3) is 0 Å². The summed E-state index contributed by atoms with van der Waals surface area (Å²) in [7, 11) is 1.97. The highest BCUT2D eigenvalue weighted by Gasteiger charge is 2.30. The predicted molar refractivity (Wildman–Crippen MR) is 172 cm³/mol. The summed E-state index contributed by atoms with van der Waals surface area (Å²) >= 11 is 0. The van der Waals surface area contributed by atoms with Crippen molar-refractivity contribution in [2.24, 2.45) is 5.92 Å². The Morgan fingerprint density at radius 3 is 2.51 bits per heavy atom. The van der Waals surface area contributed by atoms with Crippen LogP contribution in [0.3, 0.4) is 0 Å². The first-order valence-corrected chi connectivity index (χ1v) is 15.5. The van der Waals surface area contributed by atoms with Gasteiger partial charge in [0.15, 0.2) is 0 Å². The van der Waals surface area contributed by atoms with Crippen molar-refractivity contribution < 1.29 is 18.0 Å². The lowest BCUT2D eigenvalue weighted by molar-refractivity contribution is -0.140. The van der Waals surface area contributed by atoms with Gasteiger partial charge in [-0.25, -0.2) is 0 Å². The van der Waals surface area contributed by atoms with Crippen LogP contribution < -0.4 is 5.32 Å². The van der Waals surface area contributed by atoms with Gasteiger partial charge in [0.05, 0.1) is 47.8 Å². The first-order valence-electron chi connectivity index (χ1n) is 15.5. The summed E-state index contributed by atoms with van der Waals surface area (Å²) in [5, 5.41) is 13.1. The zero-order chi connectivity index (χ0) is 32.8. The van der Waals surface area contributed by atoms with Crippen LogP contribution in [-0.4, -0.2) is 70.7 Å². The number of aromatic nitrogens is 2. The topological polar surface area (TPSA) is 77.2 Å². The summed E-state index contributed by atoms with van der Waals surface area (Å²) in [6.07, 6.45) is 0.974. The number of nitrogens with zero attached hydrogens (tertiary/aromatic N) is 5. The highest BCUT2D eigenvalue weighted by molar-refractivity contribution is 5.83.